The van der Waals surface area contributed by atoms with E-state index in [9.17, 15) is 4.79 Å². The van der Waals surface area contributed by atoms with E-state index in [1.54, 1.807) is 0 Å². The molecule has 2 aromatic rings. The molecule has 1 aromatic heterocycles. The molecule has 1 atom stereocenters. The number of nitrogens with one attached hydrogen (secondary N) is 2. The molecule has 2 N–H and O–H groups in total. The van der Waals surface area contributed by atoms with E-state index in [1.165, 1.54) is 12.5 Å². The Morgan fingerprint density at radius 1 is 1.33 bits per heavy atom. The quantitative estimate of drug-likeness (QED) is 0.855. The molecule has 0 spiro atoms. The fraction of sp³-hybridized carbons (Fsp3) is 0.353. The molecule has 0 aliphatic carbocycles. The molecule has 0 radical (unpaired) electrons. The first kappa shape index (κ1) is 15.3. The number of carbonyl (C=O) groups is 1. The van der Waals surface area contributed by atoms with E-state index in [-0.39, 0.29) is 11.9 Å². The number of hydrogen-bond acceptors (Lipinski definition) is 2. The van der Waals surface area contributed by atoms with Crippen molar-refractivity contribution in [1.29, 1.82) is 0 Å². The summed E-state index contributed by atoms with van der Waals surface area (Å²) in [6.07, 6.45) is 4.26. The van der Waals surface area contributed by atoms with Gasteiger partial charge in [-0.15, -0.1) is 0 Å². The Balaban J connectivity index is 1.96. The molecule has 0 aliphatic heterocycles. The summed E-state index contributed by atoms with van der Waals surface area (Å²) in [5, 5.41) is 6.32. The van der Waals surface area contributed by atoms with Crippen molar-refractivity contribution in [3.63, 3.8) is 0 Å². The first-order valence-electron chi connectivity index (χ1n) is 7.34. The lowest BCUT2D eigenvalue weighted by molar-refractivity contribution is -0.114. The predicted molar refractivity (Wildman–Crippen MR) is 86.1 cm³/mol. The van der Waals surface area contributed by atoms with E-state index in [1.807, 2.05) is 18.2 Å². The summed E-state index contributed by atoms with van der Waals surface area (Å²) in [6.45, 7) is 7.61. The maximum atomic E-state index is 11.1. The summed E-state index contributed by atoms with van der Waals surface area (Å²) in [4.78, 5) is 11.1. The number of aromatic nitrogens is 1. The Labute approximate surface area is 126 Å². The van der Waals surface area contributed by atoms with Gasteiger partial charge in [0.1, 0.15) is 0 Å². The summed E-state index contributed by atoms with van der Waals surface area (Å²) in [6, 6.07) is 10.3. The number of nitrogens with zero attached hydrogens (tertiary/aromatic N) is 1. The molecule has 0 aliphatic rings. The standard InChI is InChI=1S/C17H23N3O/c1-4-20-9-8-15(12-20)11-18-13(2)16-6-5-7-17(10-16)19-14(3)21/h5-10,12-13,18H,4,11H2,1-3H3,(H,19,21). The number of amides is 1. The number of carbonyl (C=O) groups excluding carboxylic acids is 1. The average molecular weight is 285 g/mol. The lowest BCUT2D eigenvalue weighted by atomic mass is 10.1. The molecule has 0 saturated heterocycles. The van der Waals surface area contributed by atoms with Crippen LogP contribution in [0.2, 0.25) is 0 Å². The highest BCUT2D eigenvalue weighted by Gasteiger charge is 2.06. The molecular formula is C17H23N3O. The molecule has 112 valence electrons. The van der Waals surface area contributed by atoms with E-state index in [2.05, 4.69) is 53.6 Å². The third-order valence-corrected chi connectivity index (χ3v) is 3.50. The van der Waals surface area contributed by atoms with E-state index in [0.717, 1.165) is 24.3 Å². The summed E-state index contributed by atoms with van der Waals surface area (Å²) in [7, 11) is 0. The fourth-order valence-corrected chi connectivity index (χ4v) is 2.27. The van der Waals surface area contributed by atoms with Gasteiger partial charge in [-0.25, -0.2) is 0 Å². The highest BCUT2D eigenvalue weighted by molar-refractivity contribution is 5.88. The SMILES string of the molecule is CCn1ccc(CNC(C)c2cccc(NC(C)=O)c2)c1. The van der Waals surface area contributed by atoms with Crippen LogP contribution >= 0.6 is 0 Å². The molecule has 0 saturated carbocycles. The van der Waals surface area contributed by atoms with Gasteiger partial charge in [0.05, 0.1) is 0 Å². The van der Waals surface area contributed by atoms with E-state index in [0.29, 0.717) is 0 Å². The molecule has 1 heterocycles. The number of benzene rings is 1. The highest BCUT2D eigenvalue weighted by Crippen LogP contribution is 2.18. The van der Waals surface area contributed by atoms with Crippen LogP contribution in [0.3, 0.4) is 0 Å². The van der Waals surface area contributed by atoms with Crippen LogP contribution in [0.1, 0.15) is 37.9 Å². The van der Waals surface area contributed by atoms with Crippen molar-refractivity contribution >= 4 is 11.6 Å². The first-order valence-corrected chi connectivity index (χ1v) is 7.34. The number of aryl methyl sites for hydroxylation is 1. The van der Waals surface area contributed by atoms with E-state index < -0.39 is 0 Å². The summed E-state index contributed by atoms with van der Waals surface area (Å²) in [5.41, 5.74) is 3.28. The second-order valence-electron chi connectivity index (χ2n) is 5.26. The number of anilines is 1. The Morgan fingerprint density at radius 3 is 2.81 bits per heavy atom. The van der Waals surface area contributed by atoms with Gasteiger partial charge in [-0.05, 0) is 43.2 Å². The van der Waals surface area contributed by atoms with Gasteiger partial charge in [0, 0.05) is 44.1 Å². The van der Waals surface area contributed by atoms with Crippen LogP contribution in [0.15, 0.2) is 42.7 Å². The smallest absolute Gasteiger partial charge is 0.221 e. The van der Waals surface area contributed by atoms with Crippen LogP contribution < -0.4 is 10.6 Å². The molecular weight excluding hydrogens is 262 g/mol. The van der Waals surface area contributed by atoms with Crippen LogP contribution in [0.25, 0.3) is 0 Å². The Hall–Kier alpha value is -2.07. The predicted octanol–water partition coefficient (Wildman–Crippen LogP) is 3.32. The second-order valence-corrected chi connectivity index (χ2v) is 5.26. The summed E-state index contributed by atoms with van der Waals surface area (Å²) >= 11 is 0. The molecule has 4 heteroatoms. The maximum Gasteiger partial charge on any atom is 0.221 e. The lowest BCUT2D eigenvalue weighted by Gasteiger charge is -2.15. The van der Waals surface area contributed by atoms with Gasteiger partial charge < -0.3 is 15.2 Å². The molecule has 1 amide bonds. The third-order valence-electron chi connectivity index (χ3n) is 3.50. The minimum absolute atomic E-state index is 0.0475. The fourth-order valence-electron chi connectivity index (χ4n) is 2.27. The summed E-state index contributed by atoms with van der Waals surface area (Å²) in [5.74, 6) is -0.0475. The maximum absolute atomic E-state index is 11.1. The number of hydrogen-bond donors (Lipinski definition) is 2. The van der Waals surface area contributed by atoms with Gasteiger partial charge in [0.25, 0.3) is 0 Å². The third kappa shape index (κ3) is 4.46. The topological polar surface area (TPSA) is 46.1 Å². The zero-order valence-corrected chi connectivity index (χ0v) is 12.9. The van der Waals surface area contributed by atoms with Crippen molar-refractivity contribution in [3.05, 3.63) is 53.9 Å². The zero-order chi connectivity index (χ0) is 15.2. The molecule has 0 bridgehead atoms. The molecule has 2 rings (SSSR count). The van der Waals surface area contributed by atoms with Crippen molar-refractivity contribution in [1.82, 2.24) is 9.88 Å². The average Bonchev–Trinajstić information content (AvgIpc) is 2.92. The zero-order valence-electron chi connectivity index (χ0n) is 12.9. The van der Waals surface area contributed by atoms with Gasteiger partial charge >= 0.3 is 0 Å². The Morgan fingerprint density at radius 2 is 2.14 bits per heavy atom. The largest absolute Gasteiger partial charge is 0.354 e. The van der Waals surface area contributed by atoms with Crippen LogP contribution in [0.4, 0.5) is 5.69 Å². The Bertz CT molecular complexity index is 604. The normalized spacial score (nSPS) is 12.1. The van der Waals surface area contributed by atoms with Crippen molar-refractivity contribution in [2.45, 2.75) is 39.9 Å². The molecule has 21 heavy (non-hydrogen) atoms. The van der Waals surface area contributed by atoms with Crippen LogP contribution in [-0.2, 0) is 17.9 Å². The van der Waals surface area contributed by atoms with Gasteiger partial charge in [0.15, 0.2) is 0 Å². The second kappa shape index (κ2) is 7.09. The first-order chi connectivity index (χ1) is 10.1. The molecule has 1 aromatic carbocycles. The van der Waals surface area contributed by atoms with Crippen molar-refractivity contribution < 1.29 is 4.79 Å². The Kier molecular flexibility index (Phi) is 5.17. The minimum atomic E-state index is -0.0475. The van der Waals surface area contributed by atoms with Crippen molar-refractivity contribution in [2.24, 2.45) is 0 Å². The van der Waals surface area contributed by atoms with E-state index in [4.69, 9.17) is 0 Å². The molecule has 4 nitrogen and oxygen atoms in total. The van der Waals surface area contributed by atoms with Gasteiger partial charge in [-0.1, -0.05) is 12.1 Å². The van der Waals surface area contributed by atoms with Crippen LogP contribution in [0.5, 0.6) is 0 Å². The number of rotatable bonds is 6. The molecule has 1 unspecified atom stereocenters. The van der Waals surface area contributed by atoms with E-state index >= 15 is 0 Å². The molecule has 0 fully saturated rings. The minimum Gasteiger partial charge on any atom is -0.354 e. The van der Waals surface area contributed by atoms with Crippen LogP contribution in [-0.4, -0.2) is 10.5 Å². The van der Waals surface area contributed by atoms with Gasteiger partial charge in [0.2, 0.25) is 5.91 Å². The van der Waals surface area contributed by atoms with Crippen LogP contribution in [0, 0.1) is 0 Å². The highest BCUT2D eigenvalue weighted by atomic mass is 16.1. The summed E-state index contributed by atoms with van der Waals surface area (Å²) < 4.78 is 2.17. The monoisotopic (exact) mass is 285 g/mol. The van der Waals surface area contributed by atoms with Gasteiger partial charge in [-0.3, -0.25) is 4.79 Å². The van der Waals surface area contributed by atoms with Gasteiger partial charge in [-0.2, -0.15) is 0 Å². The lowest BCUT2D eigenvalue weighted by Crippen LogP contribution is -2.18. The van der Waals surface area contributed by atoms with Crippen molar-refractivity contribution in [2.75, 3.05) is 5.32 Å². The van der Waals surface area contributed by atoms with Crippen molar-refractivity contribution in [3.8, 4) is 0 Å².